The van der Waals surface area contributed by atoms with Crippen molar-refractivity contribution in [2.75, 3.05) is 13.2 Å². The van der Waals surface area contributed by atoms with Crippen LogP contribution >= 0.6 is 0 Å². The van der Waals surface area contributed by atoms with Crippen molar-refractivity contribution in [1.29, 1.82) is 0 Å². The van der Waals surface area contributed by atoms with Crippen LogP contribution in [0.1, 0.15) is 0 Å². The van der Waals surface area contributed by atoms with Crippen LogP contribution in [0.25, 0.3) is 0 Å². The molecule has 0 saturated carbocycles. The number of hydrogen-bond donors (Lipinski definition) is 1. The van der Waals surface area contributed by atoms with Gasteiger partial charge < -0.3 is 9.84 Å². The summed E-state index contributed by atoms with van der Waals surface area (Å²) < 4.78 is 4.60. The zero-order valence-corrected chi connectivity index (χ0v) is 6.38. The molecule has 2 radical (unpaired) electrons. The first-order valence-electron chi connectivity index (χ1n) is 3.12. The molecule has 1 N–H and O–H groups in total. The van der Waals surface area contributed by atoms with Gasteiger partial charge in [0.05, 0.1) is 13.2 Å². The second-order valence-electron chi connectivity index (χ2n) is 2.47. The van der Waals surface area contributed by atoms with Gasteiger partial charge in [0.2, 0.25) is 0 Å². The van der Waals surface area contributed by atoms with Crippen LogP contribution in [0.2, 0.25) is 0 Å². The minimum Gasteiger partial charge on any atom is -0.462 e. The smallest absolute Gasteiger partial charge is 0.330 e. The number of ether oxygens (including phenoxy) is 1. The second kappa shape index (κ2) is 4.13. The number of aliphatic hydroxyl groups excluding tert-OH is 1. The third-order valence-electron chi connectivity index (χ3n) is 1.02. The summed E-state index contributed by atoms with van der Waals surface area (Å²) in [6.45, 7) is 10.0. The van der Waals surface area contributed by atoms with Crippen LogP contribution in [0.5, 0.6) is 0 Å². The molecule has 0 spiro atoms. The summed E-state index contributed by atoms with van der Waals surface area (Å²) in [5, 5.41) is 8.64. The lowest BCUT2D eigenvalue weighted by Gasteiger charge is -2.19. The molecule has 0 atom stereocenters. The maximum absolute atomic E-state index is 10.5. The lowest BCUT2D eigenvalue weighted by atomic mass is 9.97. The topological polar surface area (TPSA) is 46.5 Å². The number of carbonyl (C=O) groups excluding carboxylic acids is 1. The second-order valence-corrected chi connectivity index (χ2v) is 2.47. The van der Waals surface area contributed by atoms with Crippen molar-refractivity contribution in [3.05, 3.63) is 26.5 Å². The Hall–Kier alpha value is -0.830. The first kappa shape index (κ1) is 10.2. The van der Waals surface area contributed by atoms with E-state index in [-0.39, 0.29) is 13.2 Å². The molecule has 0 aliphatic heterocycles. The number of hydrogen-bond acceptors (Lipinski definition) is 3. The monoisotopic (exact) mass is 156 g/mol. The zero-order chi connectivity index (χ0) is 8.91. The molecule has 0 aliphatic carbocycles. The van der Waals surface area contributed by atoms with E-state index < -0.39 is 11.4 Å². The normalized spacial score (nSPS) is 10.8. The van der Waals surface area contributed by atoms with Gasteiger partial charge in [-0.25, -0.2) is 4.79 Å². The third kappa shape index (κ3) is 4.56. The standard InChI is InChI=1S/C8H12O3/c1-4-7(10)11-6-8(2,3)5-9/h4,9H,1-3,5-6H2. The van der Waals surface area contributed by atoms with Gasteiger partial charge in [0, 0.05) is 11.5 Å². The predicted octanol–water partition coefficient (Wildman–Crippen LogP) is 0.362. The summed E-state index contributed by atoms with van der Waals surface area (Å²) in [5.41, 5.74) is -0.862. The lowest BCUT2D eigenvalue weighted by Crippen LogP contribution is -2.25. The maximum atomic E-state index is 10.5. The Kier molecular flexibility index (Phi) is 3.82. The Bertz CT molecular complexity index is 149. The number of rotatable bonds is 4. The van der Waals surface area contributed by atoms with Gasteiger partial charge in [-0.3, -0.25) is 0 Å². The van der Waals surface area contributed by atoms with Crippen LogP contribution in [-0.2, 0) is 9.53 Å². The SMILES string of the molecule is [CH2]C([CH2])(CO)COC(=O)C=C. The maximum Gasteiger partial charge on any atom is 0.330 e. The minimum absolute atomic E-state index is 0.00560. The number of esters is 1. The van der Waals surface area contributed by atoms with E-state index in [0.717, 1.165) is 6.08 Å². The molecular weight excluding hydrogens is 144 g/mol. The quantitative estimate of drug-likeness (QED) is 0.472. The lowest BCUT2D eigenvalue weighted by molar-refractivity contribution is -0.140. The molecule has 3 nitrogen and oxygen atoms in total. The van der Waals surface area contributed by atoms with Crippen LogP contribution in [0, 0.1) is 19.3 Å². The molecule has 0 heterocycles. The fraction of sp³-hybridized carbons (Fsp3) is 0.375. The van der Waals surface area contributed by atoms with Crippen LogP contribution in [0.4, 0.5) is 0 Å². The largest absolute Gasteiger partial charge is 0.462 e. The van der Waals surface area contributed by atoms with Gasteiger partial charge in [-0.1, -0.05) is 6.58 Å². The van der Waals surface area contributed by atoms with Crippen LogP contribution in [0.15, 0.2) is 12.7 Å². The zero-order valence-electron chi connectivity index (χ0n) is 6.38. The van der Waals surface area contributed by atoms with E-state index in [4.69, 9.17) is 5.11 Å². The van der Waals surface area contributed by atoms with Gasteiger partial charge in [0.25, 0.3) is 0 Å². The van der Waals surface area contributed by atoms with E-state index in [2.05, 4.69) is 25.2 Å². The van der Waals surface area contributed by atoms with E-state index in [1.807, 2.05) is 0 Å². The summed E-state index contributed by atoms with van der Waals surface area (Å²) in [4.78, 5) is 10.5. The first-order chi connectivity index (χ1) is 5.02. The Labute approximate surface area is 66.7 Å². The molecule has 62 valence electrons. The van der Waals surface area contributed by atoms with Crippen molar-refractivity contribution >= 4 is 5.97 Å². The van der Waals surface area contributed by atoms with Gasteiger partial charge >= 0.3 is 5.97 Å². The van der Waals surface area contributed by atoms with E-state index in [9.17, 15) is 4.79 Å². The molecule has 0 fully saturated rings. The Balaban J connectivity index is 3.69. The highest BCUT2D eigenvalue weighted by Gasteiger charge is 2.18. The highest BCUT2D eigenvalue weighted by molar-refractivity contribution is 5.81. The van der Waals surface area contributed by atoms with Gasteiger partial charge in [-0.2, -0.15) is 0 Å². The molecule has 0 aliphatic rings. The molecule has 0 rings (SSSR count). The fourth-order valence-electron chi connectivity index (χ4n) is 0.329. The van der Waals surface area contributed by atoms with Crippen molar-refractivity contribution in [1.82, 2.24) is 0 Å². The molecular formula is C8H12O3. The fourth-order valence-corrected chi connectivity index (χ4v) is 0.329. The minimum atomic E-state index is -0.862. The Morgan fingerprint density at radius 2 is 2.18 bits per heavy atom. The summed E-state index contributed by atoms with van der Waals surface area (Å²) in [7, 11) is 0. The van der Waals surface area contributed by atoms with Crippen molar-refractivity contribution in [2.24, 2.45) is 5.41 Å². The molecule has 3 heteroatoms. The molecule has 0 saturated heterocycles. The Morgan fingerprint density at radius 1 is 1.64 bits per heavy atom. The van der Waals surface area contributed by atoms with E-state index >= 15 is 0 Å². The van der Waals surface area contributed by atoms with Gasteiger partial charge in [0.15, 0.2) is 0 Å². The van der Waals surface area contributed by atoms with Crippen molar-refractivity contribution < 1.29 is 14.6 Å². The molecule has 0 aromatic carbocycles. The molecule has 0 bridgehead atoms. The third-order valence-corrected chi connectivity index (χ3v) is 1.02. The summed E-state index contributed by atoms with van der Waals surface area (Å²) >= 11 is 0. The van der Waals surface area contributed by atoms with Crippen LogP contribution in [-0.4, -0.2) is 24.3 Å². The van der Waals surface area contributed by atoms with Gasteiger partial charge in [0.1, 0.15) is 0 Å². The number of carbonyl (C=O) groups is 1. The highest BCUT2D eigenvalue weighted by atomic mass is 16.5. The van der Waals surface area contributed by atoms with Gasteiger partial charge in [-0.05, 0) is 13.8 Å². The van der Waals surface area contributed by atoms with E-state index in [1.165, 1.54) is 0 Å². The van der Waals surface area contributed by atoms with Crippen LogP contribution in [0.3, 0.4) is 0 Å². The van der Waals surface area contributed by atoms with Crippen LogP contribution < -0.4 is 0 Å². The van der Waals surface area contributed by atoms with Crippen molar-refractivity contribution in [2.45, 2.75) is 0 Å². The molecule has 11 heavy (non-hydrogen) atoms. The van der Waals surface area contributed by atoms with Crippen molar-refractivity contribution in [3.8, 4) is 0 Å². The molecule has 0 amide bonds. The van der Waals surface area contributed by atoms with Gasteiger partial charge in [-0.15, -0.1) is 0 Å². The molecule has 0 aromatic rings. The average molecular weight is 156 g/mol. The summed E-state index contributed by atoms with van der Waals surface area (Å²) in [6, 6.07) is 0. The molecule has 0 aromatic heterocycles. The number of aliphatic hydroxyl groups is 1. The van der Waals surface area contributed by atoms with E-state index in [0.29, 0.717) is 0 Å². The predicted molar refractivity (Wildman–Crippen MR) is 41.4 cm³/mol. The summed E-state index contributed by atoms with van der Waals surface area (Å²) in [5.74, 6) is -0.532. The molecule has 0 unspecified atom stereocenters. The van der Waals surface area contributed by atoms with E-state index in [1.54, 1.807) is 0 Å². The summed E-state index contributed by atoms with van der Waals surface area (Å²) in [6.07, 6.45) is 1.05. The Morgan fingerprint density at radius 3 is 2.55 bits per heavy atom. The average Bonchev–Trinajstić information content (AvgIpc) is 2.00. The highest BCUT2D eigenvalue weighted by Crippen LogP contribution is 2.12. The first-order valence-corrected chi connectivity index (χ1v) is 3.12. The van der Waals surface area contributed by atoms with Crippen molar-refractivity contribution in [3.63, 3.8) is 0 Å².